The summed E-state index contributed by atoms with van der Waals surface area (Å²) in [6.07, 6.45) is 2.48. The van der Waals surface area contributed by atoms with Crippen LogP contribution < -0.4 is 11.1 Å². The minimum Gasteiger partial charge on any atom is -0.378 e. The van der Waals surface area contributed by atoms with Crippen LogP contribution in [0.15, 0.2) is 0 Å². The molecule has 1 fully saturated rings. The lowest BCUT2D eigenvalue weighted by molar-refractivity contribution is -0.123. The zero-order valence-corrected chi connectivity index (χ0v) is 10.5. The van der Waals surface area contributed by atoms with E-state index in [-0.39, 0.29) is 24.1 Å². The molecule has 0 aromatic heterocycles. The summed E-state index contributed by atoms with van der Waals surface area (Å²) in [4.78, 5) is 11.7. The second kappa shape index (κ2) is 6.21. The maximum absolute atomic E-state index is 11.7. The Labute approximate surface area is 97.9 Å². The van der Waals surface area contributed by atoms with Crippen LogP contribution in [0.2, 0.25) is 0 Å². The highest BCUT2D eigenvalue weighted by molar-refractivity contribution is 5.76. The monoisotopic (exact) mass is 228 g/mol. The fourth-order valence-corrected chi connectivity index (χ4v) is 1.87. The minimum atomic E-state index is -0.0442. The molecule has 1 amide bonds. The van der Waals surface area contributed by atoms with Crippen molar-refractivity contribution in [3.63, 3.8) is 0 Å². The summed E-state index contributed by atoms with van der Waals surface area (Å²) in [5.41, 5.74) is 5.86. The Balaban J connectivity index is 2.28. The Kier molecular flexibility index (Phi) is 5.22. The van der Waals surface area contributed by atoms with Gasteiger partial charge < -0.3 is 15.8 Å². The van der Waals surface area contributed by atoms with Crippen molar-refractivity contribution in [3.05, 3.63) is 0 Å². The molecule has 0 aromatic rings. The molecule has 94 valence electrons. The molecule has 1 heterocycles. The molecule has 3 N–H and O–H groups in total. The van der Waals surface area contributed by atoms with Crippen LogP contribution in [0.1, 0.15) is 40.0 Å². The fourth-order valence-electron chi connectivity index (χ4n) is 1.87. The van der Waals surface area contributed by atoms with Crippen LogP contribution in [0.25, 0.3) is 0 Å². The number of carbonyl (C=O) groups excluding carboxylic acids is 1. The van der Waals surface area contributed by atoms with Gasteiger partial charge in [0.2, 0.25) is 5.91 Å². The van der Waals surface area contributed by atoms with Crippen molar-refractivity contribution < 1.29 is 9.53 Å². The van der Waals surface area contributed by atoms with Crippen LogP contribution >= 0.6 is 0 Å². The zero-order valence-electron chi connectivity index (χ0n) is 10.5. The molecule has 0 aromatic carbocycles. The molecular formula is C12H24N2O2. The zero-order chi connectivity index (χ0) is 12.1. The average Bonchev–Trinajstić information content (AvgIpc) is 2.16. The predicted molar refractivity (Wildman–Crippen MR) is 64.0 cm³/mol. The molecule has 3 unspecified atom stereocenters. The molecule has 1 aliphatic heterocycles. The van der Waals surface area contributed by atoms with E-state index < -0.39 is 0 Å². The van der Waals surface area contributed by atoms with Gasteiger partial charge in [-0.3, -0.25) is 4.79 Å². The van der Waals surface area contributed by atoms with Gasteiger partial charge in [0.1, 0.15) is 0 Å². The van der Waals surface area contributed by atoms with Gasteiger partial charge in [0.25, 0.3) is 0 Å². The summed E-state index contributed by atoms with van der Waals surface area (Å²) in [6, 6.07) is 0.216. The van der Waals surface area contributed by atoms with Crippen LogP contribution in [-0.2, 0) is 9.53 Å². The molecule has 4 heteroatoms. The van der Waals surface area contributed by atoms with Crippen LogP contribution in [0, 0.1) is 5.92 Å². The quantitative estimate of drug-likeness (QED) is 0.755. The van der Waals surface area contributed by atoms with Crippen LogP contribution in [0.3, 0.4) is 0 Å². The number of hydrogen-bond acceptors (Lipinski definition) is 3. The molecule has 4 nitrogen and oxygen atoms in total. The lowest BCUT2D eigenvalue weighted by atomic mass is 10.0. The largest absolute Gasteiger partial charge is 0.378 e. The van der Waals surface area contributed by atoms with Gasteiger partial charge in [0.05, 0.1) is 6.10 Å². The number of carbonyl (C=O) groups is 1. The first-order chi connectivity index (χ1) is 7.49. The number of amides is 1. The molecular weight excluding hydrogens is 204 g/mol. The van der Waals surface area contributed by atoms with Gasteiger partial charge in [0, 0.05) is 25.1 Å². The standard InChI is InChI=1S/C12H24N2O2/c1-8(2)11(13)7-12(15)14-10-4-5-16-9(3)6-10/h8-11H,4-7,13H2,1-3H3,(H,14,15). The van der Waals surface area contributed by atoms with Crippen molar-refractivity contribution in [1.29, 1.82) is 0 Å². The third-order valence-electron chi connectivity index (χ3n) is 3.13. The fraction of sp³-hybridized carbons (Fsp3) is 0.917. The van der Waals surface area contributed by atoms with Crippen LogP contribution in [0.4, 0.5) is 0 Å². The Morgan fingerprint density at radius 1 is 1.56 bits per heavy atom. The van der Waals surface area contributed by atoms with Gasteiger partial charge in [-0.05, 0) is 25.7 Å². The van der Waals surface area contributed by atoms with E-state index in [0.717, 1.165) is 19.4 Å². The first-order valence-corrected chi connectivity index (χ1v) is 6.15. The highest BCUT2D eigenvalue weighted by atomic mass is 16.5. The maximum Gasteiger partial charge on any atom is 0.221 e. The van der Waals surface area contributed by atoms with E-state index in [9.17, 15) is 4.79 Å². The Bertz CT molecular complexity index is 231. The lowest BCUT2D eigenvalue weighted by Crippen LogP contribution is -2.43. The smallest absolute Gasteiger partial charge is 0.221 e. The minimum absolute atomic E-state index is 0.0442. The summed E-state index contributed by atoms with van der Waals surface area (Å²) < 4.78 is 5.43. The van der Waals surface area contributed by atoms with Crippen molar-refractivity contribution in [2.24, 2.45) is 11.7 Å². The summed E-state index contributed by atoms with van der Waals surface area (Å²) in [7, 11) is 0. The summed E-state index contributed by atoms with van der Waals surface area (Å²) in [5, 5.41) is 3.04. The van der Waals surface area contributed by atoms with Gasteiger partial charge >= 0.3 is 0 Å². The molecule has 1 aliphatic rings. The van der Waals surface area contributed by atoms with Gasteiger partial charge in [0.15, 0.2) is 0 Å². The first kappa shape index (κ1) is 13.5. The van der Waals surface area contributed by atoms with Crippen LogP contribution in [-0.4, -0.2) is 30.7 Å². The van der Waals surface area contributed by atoms with Gasteiger partial charge in [-0.1, -0.05) is 13.8 Å². The third-order valence-corrected chi connectivity index (χ3v) is 3.13. The summed E-state index contributed by atoms with van der Waals surface area (Å²) in [5.74, 6) is 0.416. The average molecular weight is 228 g/mol. The molecule has 0 spiro atoms. The number of rotatable bonds is 4. The Hall–Kier alpha value is -0.610. The Morgan fingerprint density at radius 2 is 2.25 bits per heavy atom. The van der Waals surface area contributed by atoms with E-state index >= 15 is 0 Å². The van der Waals surface area contributed by atoms with Gasteiger partial charge in [-0.25, -0.2) is 0 Å². The van der Waals surface area contributed by atoms with Crippen molar-refractivity contribution in [3.8, 4) is 0 Å². The van der Waals surface area contributed by atoms with E-state index in [2.05, 4.69) is 5.32 Å². The lowest BCUT2D eigenvalue weighted by Gasteiger charge is -2.28. The van der Waals surface area contributed by atoms with E-state index in [0.29, 0.717) is 12.3 Å². The summed E-state index contributed by atoms with van der Waals surface area (Å²) >= 11 is 0. The molecule has 16 heavy (non-hydrogen) atoms. The van der Waals surface area contributed by atoms with E-state index in [1.165, 1.54) is 0 Å². The second-order valence-corrected chi connectivity index (χ2v) is 5.08. The predicted octanol–water partition coefficient (Wildman–Crippen LogP) is 1.04. The van der Waals surface area contributed by atoms with Gasteiger partial charge in [-0.15, -0.1) is 0 Å². The molecule has 0 bridgehead atoms. The van der Waals surface area contributed by atoms with Crippen molar-refractivity contribution >= 4 is 5.91 Å². The second-order valence-electron chi connectivity index (χ2n) is 5.08. The molecule has 3 atom stereocenters. The molecule has 1 rings (SSSR count). The van der Waals surface area contributed by atoms with Crippen molar-refractivity contribution in [1.82, 2.24) is 5.32 Å². The number of nitrogens with one attached hydrogen (secondary N) is 1. The maximum atomic E-state index is 11.7. The van der Waals surface area contributed by atoms with Crippen LogP contribution in [0.5, 0.6) is 0 Å². The highest BCUT2D eigenvalue weighted by Crippen LogP contribution is 2.13. The SMILES string of the molecule is CC1CC(NC(=O)CC(N)C(C)C)CCO1. The van der Waals surface area contributed by atoms with Gasteiger partial charge in [-0.2, -0.15) is 0 Å². The molecule has 1 saturated heterocycles. The molecule has 0 saturated carbocycles. The molecule has 0 aliphatic carbocycles. The number of hydrogen-bond donors (Lipinski definition) is 2. The van der Waals surface area contributed by atoms with E-state index in [1.54, 1.807) is 0 Å². The highest BCUT2D eigenvalue weighted by Gasteiger charge is 2.22. The van der Waals surface area contributed by atoms with Crippen molar-refractivity contribution in [2.45, 2.75) is 58.2 Å². The van der Waals surface area contributed by atoms with E-state index in [1.807, 2.05) is 20.8 Å². The number of nitrogens with two attached hydrogens (primary N) is 1. The number of ether oxygens (including phenoxy) is 1. The third kappa shape index (κ3) is 4.49. The van der Waals surface area contributed by atoms with Crippen molar-refractivity contribution in [2.75, 3.05) is 6.61 Å². The normalized spacial score (nSPS) is 27.8. The molecule has 0 radical (unpaired) electrons. The Morgan fingerprint density at radius 3 is 2.81 bits per heavy atom. The topological polar surface area (TPSA) is 64.4 Å². The summed E-state index contributed by atoms with van der Waals surface area (Å²) in [6.45, 7) is 6.85. The first-order valence-electron chi connectivity index (χ1n) is 6.15. The van der Waals surface area contributed by atoms with E-state index in [4.69, 9.17) is 10.5 Å².